The van der Waals surface area contributed by atoms with Gasteiger partial charge in [-0.1, -0.05) is 0 Å². The number of fused-ring (bicyclic) bond motifs is 1. The Hall–Kier alpha value is -0.130. The van der Waals surface area contributed by atoms with E-state index < -0.39 is 56.1 Å². The van der Waals surface area contributed by atoms with Crippen LogP contribution < -0.4 is 7.06 Å². The third-order valence-electron chi connectivity index (χ3n) is 4.91. The van der Waals surface area contributed by atoms with Crippen LogP contribution >= 0.6 is 20.4 Å². The molecule has 0 aromatic rings. The Kier molecular flexibility index (Phi) is 3.94. The first-order valence-electron chi connectivity index (χ1n) is 7.34. The number of halogens is 4. The summed E-state index contributed by atoms with van der Waals surface area (Å²) in [6.07, 6.45) is -3.74. The molecule has 2 aliphatic heterocycles. The van der Waals surface area contributed by atoms with Gasteiger partial charge in [0.1, 0.15) is 0 Å². The van der Waals surface area contributed by atoms with Crippen LogP contribution in [-0.4, -0.2) is 32.6 Å². The molecule has 1 aliphatic carbocycles. The van der Waals surface area contributed by atoms with Crippen LogP contribution in [0.5, 0.6) is 0 Å². The molecule has 2 saturated heterocycles. The van der Waals surface area contributed by atoms with Gasteiger partial charge in [0.25, 0.3) is 0 Å². The Labute approximate surface area is 134 Å². The Balaban J connectivity index is 1.68. The van der Waals surface area contributed by atoms with Crippen molar-refractivity contribution in [1.29, 1.82) is 0 Å². The summed E-state index contributed by atoms with van der Waals surface area (Å²) >= 11 is -1.30. The number of hydrogen-bond donors (Lipinski definition) is 3. The maximum atomic E-state index is 13.1. The molecule has 3 fully saturated rings. The zero-order chi connectivity index (χ0) is 16.3. The van der Waals surface area contributed by atoms with Gasteiger partial charge in [-0.2, -0.15) is 0 Å². The van der Waals surface area contributed by atoms with E-state index in [1.807, 2.05) is 0 Å². The van der Waals surface area contributed by atoms with Crippen LogP contribution in [0.25, 0.3) is 0 Å². The van der Waals surface area contributed by atoms with Crippen LogP contribution in [0.4, 0.5) is 13.2 Å². The molecule has 3 aliphatic rings. The van der Waals surface area contributed by atoms with E-state index in [0.717, 1.165) is 6.92 Å². The molecule has 0 bridgehead atoms. The average Bonchev–Trinajstić information content (AvgIpc) is 3.26. The molecule has 0 aromatic heterocycles. The summed E-state index contributed by atoms with van der Waals surface area (Å²) in [6, 6.07) is 0. The Morgan fingerprint density at radius 1 is 1.36 bits per heavy atom. The molecule has 3 N–H and O–H groups in total. The average molecular weight is 436 g/mol. The van der Waals surface area contributed by atoms with Crippen molar-refractivity contribution in [2.24, 2.45) is 11.8 Å². The summed E-state index contributed by atoms with van der Waals surface area (Å²) in [7, 11) is 0. The van der Waals surface area contributed by atoms with E-state index in [1.54, 1.807) is 6.92 Å². The predicted molar refractivity (Wildman–Crippen MR) is 80.7 cm³/mol. The van der Waals surface area contributed by atoms with Gasteiger partial charge in [0.15, 0.2) is 0 Å². The van der Waals surface area contributed by atoms with E-state index in [-0.39, 0.29) is 10.1 Å². The van der Waals surface area contributed by atoms with Crippen molar-refractivity contribution in [1.82, 2.24) is 7.06 Å². The molecule has 22 heavy (non-hydrogen) atoms. The predicted octanol–water partition coefficient (Wildman–Crippen LogP) is 2.23. The van der Waals surface area contributed by atoms with Crippen molar-refractivity contribution >= 4 is 26.3 Å². The van der Waals surface area contributed by atoms with Crippen molar-refractivity contribution < 1.29 is 27.8 Å². The van der Waals surface area contributed by atoms with Crippen molar-refractivity contribution in [3.63, 3.8) is 0 Å². The standard InChI is InChI=1S/C13H20F3IN2O3/c1-7(12-17(18-12)19-12)10(20)22-9-6-4-3-5-8(9)11(2,21)13(14,15)16/h7-9,18-19,21H,3-6H2,1-2H3. The van der Waals surface area contributed by atoms with Crippen LogP contribution in [-0.2, 0) is 9.53 Å². The third kappa shape index (κ3) is 2.63. The first-order chi connectivity index (χ1) is 10.1. The van der Waals surface area contributed by atoms with Gasteiger partial charge in [-0.05, 0) is 0 Å². The molecule has 0 aromatic carbocycles. The third-order valence-corrected chi connectivity index (χ3v) is 9.78. The molecule has 0 radical (unpaired) electrons. The van der Waals surface area contributed by atoms with E-state index in [0.29, 0.717) is 19.3 Å². The van der Waals surface area contributed by atoms with Gasteiger partial charge in [0.05, 0.1) is 0 Å². The molecule has 2 heterocycles. The minimum absolute atomic E-state index is 0.207. The molecule has 128 valence electrons. The number of carbonyl (C=O) groups excluding carboxylic acids is 1. The Morgan fingerprint density at radius 3 is 2.41 bits per heavy atom. The zero-order valence-corrected chi connectivity index (χ0v) is 14.5. The van der Waals surface area contributed by atoms with Crippen molar-refractivity contribution in [3.05, 3.63) is 0 Å². The molecule has 1 saturated carbocycles. The van der Waals surface area contributed by atoms with Crippen LogP contribution in [0.1, 0.15) is 39.5 Å². The van der Waals surface area contributed by atoms with Gasteiger partial charge in [0, 0.05) is 0 Å². The van der Waals surface area contributed by atoms with E-state index >= 15 is 0 Å². The number of hydrogen-bond acceptors (Lipinski definition) is 5. The van der Waals surface area contributed by atoms with Crippen LogP contribution in [0.3, 0.4) is 0 Å². The fraction of sp³-hybridized carbons (Fsp3) is 0.923. The topological polar surface area (TPSA) is 90.4 Å². The normalized spacial score (nSPS) is 35.1. The summed E-state index contributed by atoms with van der Waals surface area (Å²) in [5.41, 5.74) is -2.84. The molecule has 0 amide bonds. The van der Waals surface area contributed by atoms with Gasteiger partial charge in [-0.3, -0.25) is 0 Å². The first kappa shape index (κ1) is 16.7. The van der Waals surface area contributed by atoms with Crippen molar-refractivity contribution in [3.8, 4) is 0 Å². The van der Waals surface area contributed by atoms with Crippen LogP contribution in [0.2, 0.25) is 0 Å². The molecule has 4 atom stereocenters. The quantitative estimate of drug-likeness (QED) is 0.157. The molecular weight excluding hydrogens is 416 g/mol. The fourth-order valence-corrected chi connectivity index (χ4v) is 7.93. The van der Waals surface area contributed by atoms with Crippen molar-refractivity contribution in [2.45, 2.75) is 61.1 Å². The molecule has 4 unspecified atom stereocenters. The van der Waals surface area contributed by atoms with Gasteiger partial charge < -0.3 is 0 Å². The second-order valence-corrected chi connectivity index (χ2v) is 10.8. The van der Waals surface area contributed by atoms with Gasteiger partial charge in [-0.15, -0.1) is 0 Å². The number of alkyl halides is 4. The maximum absolute atomic E-state index is 13.1. The summed E-state index contributed by atoms with van der Waals surface area (Å²) in [5.74, 6) is -1.98. The van der Waals surface area contributed by atoms with Crippen LogP contribution in [0, 0.1) is 11.8 Å². The van der Waals surface area contributed by atoms with E-state index in [1.165, 1.54) is 0 Å². The number of carbonyl (C=O) groups is 1. The first-order valence-corrected chi connectivity index (χ1v) is 10.6. The van der Waals surface area contributed by atoms with E-state index in [4.69, 9.17) is 4.74 Å². The number of esters is 1. The van der Waals surface area contributed by atoms with Crippen LogP contribution in [0.15, 0.2) is 0 Å². The fourth-order valence-electron chi connectivity index (χ4n) is 3.07. The molecule has 5 nitrogen and oxygen atoms in total. The molecule has 9 heteroatoms. The van der Waals surface area contributed by atoms with E-state index in [2.05, 4.69) is 7.06 Å². The second-order valence-electron chi connectivity index (χ2n) is 6.42. The zero-order valence-electron chi connectivity index (χ0n) is 12.3. The minimum atomic E-state index is -4.74. The SMILES string of the molecule is CC(C(=O)OC1CCCCC1C(C)(O)C(F)(F)F)C12NI1N2. The summed E-state index contributed by atoms with van der Waals surface area (Å²) in [6.45, 7) is 2.51. The Bertz CT molecular complexity index is 480. The molecular formula is C13H20F3IN2O3. The number of aliphatic hydroxyl groups is 1. The summed E-state index contributed by atoms with van der Waals surface area (Å²) < 4.78 is 50.8. The van der Waals surface area contributed by atoms with E-state index in [9.17, 15) is 23.1 Å². The Morgan fingerprint density at radius 2 is 1.91 bits per heavy atom. The monoisotopic (exact) mass is 436 g/mol. The van der Waals surface area contributed by atoms with Gasteiger partial charge in [-0.25, -0.2) is 0 Å². The molecule has 3 rings (SSSR count). The van der Waals surface area contributed by atoms with Gasteiger partial charge in [0.2, 0.25) is 0 Å². The van der Waals surface area contributed by atoms with Crippen molar-refractivity contribution in [2.75, 3.05) is 0 Å². The number of rotatable bonds is 4. The second kappa shape index (κ2) is 5.18. The summed E-state index contributed by atoms with van der Waals surface area (Å²) in [4.78, 5) is 12.2. The molecule has 0 spiro atoms. The number of ether oxygens (including phenoxy) is 1. The summed E-state index contributed by atoms with van der Waals surface area (Å²) in [5, 5.41) is 9.94. The van der Waals surface area contributed by atoms with Gasteiger partial charge >= 0.3 is 134 Å². The number of nitrogens with one attached hydrogen (secondary N) is 2.